The first-order chi connectivity index (χ1) is 16.2. The predicted molar refractivity (Wildman–Crippen MR) is 116 cm³/mol. The van der Waals surface area contributed by atoms with Crippen molar-refractivity contribution in [2.24, 2.45) is 0 Å². The van der Waals surface area contributed by atoms with E-state index in [1.807, 2.05) is 4.90 Å². The first-order valence-corrected chi connectivity index (χ1v) is 11.1. The summed E-state index contributed by atoms with van der Waals surface area (Å²) in [7, 11) is 0. The Kier molecular flexibility index (Phi) is 7.05. The van der Waals surface area contributed by atoms with Gasteiger partial charge in [0.15, 0.2) is 0 Å². The Hall–Kier alpha value is -3.15. The van der Waals surface area contributed by atoms with Crippen LogP contribution in [0.1, 0.15) is 30.4 Å². The van der Waals surface area contributed by atoms with E-state index in [1.54, 1.807) is 11.8 Å². The summed E-state index contributed by atoms with van der Waals surface area (Å²) in [6.45, 7) is 3.85. The van der Waals surface area contributed by atoms with Crippen molar-refractivity contribution in [3.8, 4) is 5.75 Å². The van der Waals surface area contributed by atoms with Crippen molar-refractivity contribution in [1.82, 2.24) is 20.1 Å². The number of halogens is 3. The van der Waals surface area contributed by atoms with Crippen LogP contribution in [0, 0.1) is 6.92 Å². The molecule has 0 bridgehead atoms. The molecular weight excluding hydrogens is 455 g/mol. The molecule has 2 atom stereocenters. The number of rotatable bonds is 6. The molecule has 9 nitrogen and oxygen atoms in total. The Bertz CT molecular complexity index is 1050. The second-order valence-corrected chi connectivity index (χ2v) is 8.43. The van der Waals surface area contributed by atoms with E-state index in [1.165, 1.54) is 12.3 Å². The van der Waals surface area contributed by atoms with Gasteiger partial charge in [0.25, 0.3) is 5.56 Å². The molecule has 0 saturated carbocycles. The fourth-order valence-electron chi connectivity index (χ4n) is 4.07. The van der Waals surface area contributed by atoms with E-state index in [0.29, 0.717) is 43.3 Å². The number of hydrogen-bond acceptors (Lipinski definition) is 7. The molecule has 12 heteroatoms. The Morgan fingerprint density at radius 2 is 1.91 bits per heavy atom. The number of piperazine rings is 1. The highest BCUT2D eigenvalue weighted by molar-refractivity contribution is 5.77. The molecule has 0 unspecified atom stereocenters. The molecule has 4 rings (SSSR count). The lowest BCUT2D eigenvalue weighted by molar-refractivity contribution is -0.138. The fourth-order valence-corrected chi connectivity index (χ4v) is 4.07. The number of ether oxygens (including phenoxy) is 2. The van der Waals surface area contributed by atoms with Crippen LogP contribution in [0.2, 0.25) is 0 Å². The van der Waals surface area contributed by atoms with Gasteiger partial charge in [-0.3, -0.25) is 9.59 Å². The van der Waals surface area contributed by atoms with Gasteiger partial charge in [-0.15, -0.1) is 0 Å². The van der Waals surface area contributed by atoms with Gasteiger partial charge in [0.2, 0.25) is 5.91 Å². The third kappa shape index (κ3) is 5.66. The van der Waals surface area contributed by atoms with E-state index in [4.69, 9.17) is 9.47 Å². The van der Waals surface area contributed by atoms with Crippen molar-refractivity contribution >= 4 is 11.7 Å². The lowest BCUT2D eigenvalue weighted by Crippen LogP contribution is -2.49. The quantitative estimate of drug-likeness (QED) is 0.675. The third-order valence-corrected chi connectivity index (χ3v) is 6.11. The van der Waals surface area contributed by atoms with Gasteiger partial charge >= 0.3 is 6.18 Å². The molecule has 0 aromatic carbocycles. The van der Waals surface area contributed by atoms with Crippen LogP contribution in [0.25, 0.3) is 0 Å². The van der Waals surface area contributed by atoms with Crippen LogP contribution in [0.5, 0.6) is 5.75 Å². The number of aromatic amines is 1. The zero-order valence-electron chi connectivity index (χ0n) is 18.7. The topological polar surface area (TPSA) is 101 Å². The van der Waals surface area contributed by atoms with Crippen LogP contribution >= 0.6 is 0 Å². The van der Waals surface area contributed by atoms with Crippen LogP contribution in [0.3, 0.4) is 0 Å². The zero-order chi connectivity index (χ0) is 24.3. The van der Waals surface area contributed by atoms with Gasteiger partial charge in [0, 0.05) is 32.4 Å². The summed E-state index contributed by atoms with van der Waals surface area (Å²) in [5, 5.41) is 6.07. The van der Waals surface area contributed by atoms with E-state index >= 15 is 0 Å². The van der Waals surface area contributed by atoms with Gasteiger partial charge in [0.05, 0.1) is 36.0 Å². The summed E-state index contributed by atoms with van der Waals surface area (Å²) in [6.07, 6.45) is -0.747. The number of anilines is 1. The molecule has 2 aliphatic rings. The average Bonchev–Trinajstić information content (AvgIpc) is 3.27. The van der Waals surface area contributed by atoms with Crippen molar-refractivity contribution in [2.75, 3.05) is 37.7 Å². The number of aromatic nitrogens is 3. The van der Waals surface area contributed by atoms with Gasteiger partial charge in [-0.05, 0) is 31.9 Å². The van der Waals surface area contributed by atoms with Gasteiger partial charge in [-0.1, -0.05) is 0 Å². The molecule has 0 spiro atoms. The monoisotopic (exact) mass is 481 g/mol. The maximum absolute atomic E-state index is 12.7. The molecule has 1 N–H and O–H groups in total. The molecule has 34 heavy (non-hydrogen) atoms. The standard InChI is InChI=1S/C22H26F3N5O4/c1-14-18(12-27-28-21(14)32)33-13-17-4-3-16(34-17)10-20(31)30-8-6-29(7-9-30)19-5-2-15(11-26-19)22(23,24)25/h2,5,11-12,16-17H,3-4,6-10,13H2,1H3,(H,28,32)/t16-,17+/m1/s1. The molecular formula is C22H26F3N5O4. The minimum atomic E-state index is -4.42. The minimum Gasteiger partial charge on any atom is -0.489 e. The minimum absolute atomic E-state index is 0.0127. The summed E-state index contributed by atoms with van der Waals surface area (Å²) in [4.78, 5) is 31.9. The molecule has 2 aliphatic heterocycles. The number of carbonyl (C=O) groups is 1. The molecule has 0 radical (unpaired) electrons. The Balaban J connectivity index is 1.21. The largest absolute Gasteiger partial charge is 0.489 e. The summed E-state index contributed by atoms with van der Waals surface area (Å²) in [6, 6.07) is 2.38. The molecule has 2 aromatic rings. The third-order valence-electron chi connectivity index (χ3n) is 6.11. The molecule has 4 heterocycles. The lowest BCUT2D eigenvalue weighted by Gasteiger charge is -2.36. The summed E-state index contributed by atoms with van der Waals surface area (Å²) in [5.74, 6) is 0.862. The number of pyridine rings is 1. The van der Waals surface area contributed by atoms with Gasteiger partial charge < -0.3 is 19.3 Å². The van der Waals surface area contributed by atoms with Gasteiger partial charge in [-0.25, -0.2) is 10.1 Å². The molecule has 1 amide bonds. The first-order valence-electron chi connectivity index (χ1n) is 11.1. The van der Waals surface area contributed by atoms with Crippen LogP contribution in [0.4, 0.5) is 19.0 Å². The average molecular weight is 481 g/mol. The fraction of sp³-hybridized carbons (Fsp3) is 0.545. The number of nitrogens with one attached hydrogen (secondary N) is 1. The molecule has 2 fully saturated rings. The van der Waals surface area contributed by atoms with Crippen molar-refractivity contribution < 1.29 is 27.4 Å². The summed E-state index contributed by atoms with van der Waals surface area (Å²) >= 11 is 0. The predicted octanol–water partition coefficient (Wildman–Crippen LogP) is 2.16. The molecule has 2 saturated heterocycles. The molecule has 184 valence electrons. The lowest BCUT2D eigenvalue weighted by atomic mass is 10.1. The summed E-state index contributed by atoms with van der Waals surface area (Å²) < 4.78 is 49.8. The number of hydrogen-bond donors (Lipinski definition) is 1. The van der Waals surface area contributed by atoms with Crippen LogP contribution in [-0.2, 0) is 15.7 Å². The van der Waals surface area contributed by atoms with Crippen molar-refractivity contribution in [3.05, 3.63) is 46.0 Å². The zero-order valence-corrected chi connectivity index (χ0v) is 18.7. The van der Waals surface area contributed by atoms with E-state index < -0.39 is 11.7 Å². The number of amides is 1. The van der Waals surface area contributed by atoms with Crippen LogP contribution in [0.15, 0.2) is 29.3 Å². The van der Waals surface area contributed by atoms with E-state index in [9.17, 15) is 22.8 Å². The number of carbonyl (C=O) groups excluding carboxylic acids is 1. The van der Waals surface area contributed by atoms with Crippen molar-refractivity contribution in [1.29, 1.82) is 0 Å². The normalized spacial score (nSPS) is 21.1. The van der Waals surface area contributed by atoms with Gasteiger partial charge in [0.1, 0.15) is 18.2 Å². The van der Waals surface area contributed by atoms with Crippen molar-refractivity contribution in [2.45, 2.75) is 44.6 Å². The highest BCUT2D eigenvalue weighted by Gasteiger charge is 2.32. The highest BCUT2D eigenvalue weighted by Crippen LogP contribution is 2.29. The number of H-pyrrole nitrogens is 1. The molecule has 2 aromatic heterocycles. The number of nitrogens with zero attached hydrogens (tertiary/aromatic N) is 4. The Morgan fingerprint density at radius 1 is 1.18 bits per heavy atom. The highest BCUT2D eigenvalue weighted by atomic mass is 19.4. The van der Waals surface area contributed by atoms with E-state index in [2.05, 4.69) is 15.2 Å². The maximum atomic E-state index is 12.7. The Morgan fingerprint density at radius 3 is 2.59 bits per heavy atom. The number of alkyl halides is 3. The van der Waals surface area contributed by atoms with Gasteiger partial charge in [-0.2, -0.15) is 18.3 Å². The van der Waals surface area contributed by atoms with E-state index in [0.717, 1.165) is 25.1 Å². The summed E-state index contributed by atoms with van der Waals surface area (Å²) in [5.41, 5.74) is -0.637. The maximum Gasteiger partial charge on any atom is 0.417 e. The smallest absolute Gasteiger partial charge is 0.417 e. The molecule has 0 aliphatic carbocycles. The second kappa shape index (κ2) is 10.00. The second-order valence-electron chi connectivity index (χ2n) is 8.43. The first kappa shape index (κ1) is 24.0. The van der Waals surface area contributed by atoms with Crippen molar-refractivity contribution in [3.63, 3.8) is 0 Å². The van der Waals surface area contributed by atoms with Crippen LogP contribution < -0.4 is 15.2 Å². The Labute approximate surface area is 193 Å². The van der Waals surface area contributed by atoms with E-state index in [-0.39, 0.29) is 36.7 Å². The van der Waals surface area contributed by atoms with Crippen LogP contribution in [-0.4, -0.2) is 71.0 Å². The SMILES string of the molecule is Cc1c(OC[C@@H]2CC[C@H](CC(=O)N3CCN(c4ccc(C(F)(F)F)cn4)CC3)O2)cn[nH]c1=O.